The molecule has 3 N–H and O–H groups in total. The second kappa shape index (κ2) is 5.20. The normalized spacial score (nSPS) is 10.2. The molecule has 0 fully saturated rings. The van der Waals surface area contributed by atoms with Crippen LogP contribution in [0.25, 0.3) is 0 Å². The van der Waals surface area contributed by atoms with Gasteiger partial charge in [-0.1, -0.05) is 6.07 Å². The van der Waals surface area contributed by atoms with E-state index in [2.05, 4.69) is 37.2 Å². The molecule has 2 rings (SSSR count). The lowest BCUT2D eigenvalue weighted by atomic mass is 10.3. The highest BCUT2D eigenvalue weighted by Crippen LogP contribution is 2.31. The highest BCUT2D eigenvalue weighted by molar-refractivity contribution is 9.11. The van der Waals surface area contributed by atoms with E-state index in [4.69, 9.17) is 5.73 Å². The van der Waals surface area contributed by atoms with E-state index in [1.165, 1.54) is 11.3 Å². The number of nitrogen functional groups attached to an aromatic ring is 1. The fraction of sp³-hybridized carbons (Fsp3) is 0. The smallest absolute Gasteiger partial charge is 0.267 e. The Balaban J connectivity index is 2.28. The van der Waals surface area contributed by atoms with Crippen LogP contribution in [0.5, 0.6) is 0 Å². The van der Waals surface area contributed by atoms with Crippen LogP contribution in [0.2, 0.25) is 0 Å². The summed E-state index contributed by atoms with van der Waals surface area (Å²) in [6.45, 7) is 0. The topological polar surface area (TPSA) is 55.1 Å². The van der Waals surface area contributed by atoms with Crippen LogP contribution in [0.1, 0.15) is 9.67 Å². The Bertz CT molecular complexity index is 548. The lowest BCUT2D eigenvalue weighted by Crippen LogP contribution is -2.12. The SMILES string of the molecule is Nc1ccsc1C(=O)Nc1c(Br)cccc1Br. The first kappa shape index (κ1) is 12.6. The number of carbonyl (C=O) groups is 1. The van der Waals surface area contributed by atoms with Crippen LogP contribution in [-0.4, -0.2) is 5.91 Å². The zero-order valence-corrected chi connectivity index (χ0v) is 12.5. The van der Waals surface area contributed by atoms with Crippen molar-refractivity contribution < 1.29 is 4.79 Å². The summed E-state index contributed by atoms with van der Waals surface area (Å²) in [6, 6.07) is 7.31. The maximum atomic E-state index is 12.0. The van der Waals surface area contributed by atoms with E-state index in [0.29, 0.717) is 16.3 Å². The molecule has 0 unspecified atom stereocenters. The van der Waals surface area contributed by atoms with Gasteiger partial charge in [-0.25, -0.2) is 0 Å². The minimum absolute atomic E-state index is 0.204. The number of carbonyl (C=O) groups excluding carboxylic acids is 1. The molecule has 17 heavy (non-hydrogen) atoms. The third kappa shape index (κ3) is 2.70. The van der Waals surface area contributed by atoms with Gasteiger partial charge in [0.2, 0.25) is 0 Å². The summed E-state index contributed by atoms with van der Waals surface area (Å²) in [4.78, 5) is 12.5. The van der Waals surface area contributed by atoms with Crippen LogP contribution < -0.4 is 11.1 Å². The Hall–Kier alpha value is -0.850. The maximum Gasteiger partial charge on any atom is 0.267 e. The molecule has 0 atom stereocenters. The van der Waals surface area contributed by atoms with E-state index in [9.17, 15) is 4.79 Å². The van der Waals surface area contributed by atoms with Gasteiger partial charge < -0.3 is 11.1 Å². The van der Waals surface area contributed by atoms with Gasteiger partial charge in [0.25, 0.3) is 5.91 Å². The quantitative estimate of drug-likeness (QED) is 0.829. The minimum Gasteiger partial charge on any atom is -0.397 e. The average Bonchev–Trinajstić information content (AvgIpc) is 2.70. The molecule has 0 saturated heterocycles. The van der Waals surface area contributed by atoms with Gasteiger partial charge >= 0.3 is 0 Å². The van der Waals surface area contributed by atoms with Crippen molar-refractivity contribution >= 4 is 60.5 Å². The van der Waals surface area contributed by atoms with E-state index in [1.807, 2.05) is 18.2 Å². The Morgan fingerprint density at radius 1 is 1.24 bits per heavy atom. The molecule has 3 nitrogen and oxygen atoms in total. The van der Waals surface area contributed by atoms with E-state index >= 15 is 0 Å². The Morgan fingerprint density at radius 3 is 2.41 bits per heavy atom. The van der Waals surface area contributed by atoms with Crippen molar-refractivity contribution in [3.63, 3.8) is 0 Å². The van der Waals surface area contributed by atoms with E-state index in [1.54, 1.807) is 11.4 Å². The monoisotopic (exact) mass is 374 g/mol. The molecule has 0 bridgehead atoms. The van der Waals surface area contributed by atoms with Crippen LogP contribution in [0.4, 0.5) is 11.4 Å². The second-order valence-corrected chi connectivity index (χ2v) is 5.88. The highest BCUT2D eigenvalue weighted by atomic mass is 79.9. The molecule has 0 aliphatic carbocycles. The third-order valence-corrected chi connectivity index (χ3v) is 4.35. The average molecular weight is 376 g/mol. The zero-order chi connectivity index (χ0) is 12.4. The number of nitrogens with two attached hydrogens (primary N) is 1. The van der Waals surface area contributed by atoms with Gasteiger partial charge in [0.05, 0.1) is 11.4 Å². The fourth-order valence-corrected chi connectivity index (χ4v) is 3.20. The van der Waals surface area contributed by atoms with Crippen molar-refractivity contribution in [2.45, 2.75) is 0 Å². The number of amides is 1. The molecule has 0 saturated carbocycles. The number of rotatable bonds is 2. The molecule has 6 heteroatoms. The van der Waals surface area contributed by atoms with Crippen molar-refractivity contribution in [1.82, 2.24) is 0 Å². The van der Waals surface area contributed by atoms with Crippen LogP contribution >= 0.6 is 43.2 Å². The zero-order valence-electron chi connectivity index (χ0n) is 8.54. The van der Waals surface area contributed by atoms with Crippen LogP contribution in [0.15, 0.2) is 38.6 Å². The molecule has 1 heterocycles. The van der Waals surface area contributed by atoms with Gasteiger partial charge in [-0.2, -0.15) is 0 Å². The summed E-state index contributed by atoms with van der Waals surface area (Å²) < 4.78 is 1.63. The van der Waals surface area contributed by atoms with E-state index in [0.717, 1.165) is 8.95 Å². The number of hydrogen-bond acceptors (Lipinski definition) is 3. The molecule has 0 spiro atoms. The first-order valence-electron chi connectivity index (χ1n) is 4.68. The van der Waals surface area contributed by atoms with Crippen LogP contribution in [0, 0.1) is 0 Å². The first-order valence-corrected chi connectivity index (χ1v) is 7.14. The van der Waals surface area contributed by atoms with Crippen molar-refractivity contribution in [3.05, 3.63) is 43.5 Å². The molecule has 1 aromatic carbocycles. The molecule has 0 aliphatic rings. The van der Waals surface area contributed by atoms with Crippen molar-refractivity contribution in [2.75, 3.05) is 11.1 Å². The summed E-state index contributed by atoms with van der Waals surface area (Å²) >= 11 is 8.09. The van der Waals surface area contributed by atoms with Gasteiger partial charge in [-0.15, -0.1) is 11.3 Å². The number of benzene rings is 1. The third-order valence-electron chi connectivity index (χ3n) is 2.10. The minimum atomic E-state index is -0.204. The molecule has 1 amide bonds. The molecule has 0 aliphatic heterocycles. The van der Waals surface area contributed by atoms with Crippen LogP contribution in [-0.2, 0) is 0 Å². The van der Waals surface area contributed by atoms with Crippen molar-refractivity contribution in [1.29, 1.82) is 0 Å². The second-order valence-electron chi connectivity index (χ2n) is 3.26. The lowest BCUT2D eigenvalue weighted by Gasteiger charge is -2.08. The molecule has 0 radical (unpaired) electrons. The molecule has 88 valence electrons. The van der Waals surface area contributed by atoms with Gasteiger partial charge in [-0.05, 0) is 55.4 Å². The molecule has 2 aromatic rings. The largest absolute Gasteiger partial charge is 0.397 e. The maximum absolute atomic E-state index is 12.0. The predicted octanol–water partition coefficient (Wildman–Crippen LogP) is 4.11. The van der Waals surface area contributed by atoms with Gasteiger partial charge in [0, 0.05) is 8.95 Å². The summed E-state index contributed by atoms with van der Waals surface area (Å²) in [6.07, 6.45) is 0. The standard InChI is InChI=1S/C11H8Br2N2OS/c12-6-2-1-3-7(13)9(6)15-11(16)10-8(14)4-5-17-10/h1-5H,14H2,(H,15,16). The van der Waals surface area contributed by atoms with Gasteiger partial charge in [0.15, 0.2) is 0 Å². The Morgan fingerprint density at radius 2 is 1.88 bits per heavy atom. The molecular formula is C11H8Br2N2OS. The van der Waals surface area contributed by atoms with Crippen LogP contribution in [0.3, 0.4) is 0 Å². The number of thiophene rings is 1. The number of para-hydroxylation sites is 1. The first-order chi connectivity index (χ1) is 8.09. The summed E-state index contributed by atoms with van der Waals surface area (Å²) in [5, 5.41) is 4.61. The van der Waals surface area contributed by atoms with E-state index < -0.39 is 0 Å². The fourth-order valence-electron chi connectivity index (χ4n) is 1.29. The number of halogens is 2. The van der Waals surface area contributed by atoms with Crippen molar-refractivity contribution in [2.24, 2.45) is 0 Å². The highest BCUT2D eigenvalue weighted by Gasteiger charge is 2.14. The van der Waals surface area contributed by atoms with E-state index in [-0.39, 0.29) is 5.91 Å². The number of hydrogen-bond donors (Lipinski definition) is 2. The summed E-state index contributed by atoms with van der Waals surface area (Å²) in [7, 11) is 0. The van der Waals surface area contributed by atoms with Gasteiger partial charge in [0.1, 0.15) is 4.88 Å². The summed E-state index contributed by atoms with van der Waals surface area (Å²) in [5.74, 6) is -0.204. The number of nitrogens with one attached hydrogen (secondary N) is 1. The van der Waals surface area contributed by atoms with Gasteiger partial charge in [-0.3, -0.25) is 4.79 Å². The Kier molecular flexibility index (Phi) is 3.86. The predicted molar refractivity (Wildman–Crippen MR) is 78.5 cm³/mol. The Labute approximate surface area is 119 Å². The molecular weight excluding hydrogens is 368 g/mol. The lowest BCUT2D eigenvalue weighted by molar-refractivity contribution is 0.103. The molecule has 1 aromatic heterocycles. The summed E-state index contributed by atoms with van der Waals surface area (Å²) in [5.41, 5.74) is 6.89. The number of anilines is 2. The van der Waals surface area contributed by atoms with Crippen molar-refractivity contribution in [3.8, 4) is 0 Å².